The third-order valence-electron chi connectivity index (χ3n) is 2.24. The molecule has 0 amide bonds. The monoisotopic (exact) mass is 206 g/mol. The van der Waals surface area contributed by atoms with E-state index in [1.165, 1.54) is 13.0 Å². The van der Waals surface area contributed by atoms with E-state index in [1.807, 2.05) is 13.8 Å². The van der Waals surface area contributed by atoms with Gasteiger partial charge in [0.25, 0.3) is 0 Å². The maximum absolute atomic E-state index is 13.3. The minimum atomic E-state index is -0.295. The van der Waals surface area contributed by atoms with Gasteiger partial charge in [0.1, 0.15) is 5.82 Å². The van der Waals surface area contributed by atoms with Crippen LogP contribution in [0.1, 0.15) is 26.3 Å². The summed E-state index contributed by atoms with van der Waals surface area (Å²) in [5, 5.41) is 0. The van der Waals surface area contributed by atoms with Gasteiger partial charge in [0.2, 0.25) is 0 Å². The molecule has 15 heavy (non-hydrogen) atoms. The SMILES string of the molecule is CC(=O)/C(=C/c1ccccc1F)C(C)C. The maximum atomic E-state index is 13.3. The van der Waals surface area contributed by atoms with E-state index in [4.69, 9.17) is 0 Å². The minimum Gasteiger partial charge on any atom is -0.295 e. The first-order chi connectivity index (χ1) is 7.02. The van der Waals surface area contributed by atoms with Crippen LogP contribution in [0.15, 0.2) is 29.8 Å². The van der Waals surface area contributed by atoms with Crippen molar-refractivity contribution in [2.75, 3.05) is 0 Å². The molecule has 0 aliphatic rings. The van der Waals surface area contributed by atoms with Gasteiger partial charge in [0.05, 0.1) is 0 Å². The number of hydrogen-bond donors (Lipinski definition) is 0. The summed E-state index contributed by atoms with van der Waals surface area (Å²) in [6.07, 6.45) is 1.63. The van der Waals surface area contributed by atoms with Gasteiger partial charge in [-0.15, -0.1) is 0 Å². The zero-order valence-corrected chi connectivity index (χ0v) is 9.25. The highest BCUT2D eigenvalue weighted by atomic mass is 19.1. The average Bonchev–Trinajstić information content (AvgIpc) is 2.15. The standard InChI is InChI=1S/C13H15FO/c1-9(2)12(10(3)15)8-11-6-4-5-7-13(11)14/h4-9H,1-3H3/b12-8+. The molecule has 1 aromatic rings. The average molecular weight is 206 g/mol. The van der Waals surface area contributed by atoms with Gasteiger partial charge >= 0.3 is 0 Å². The molecule has 0 spiro atoms. The number of carbonyl (C=O) groups excluding carboxylic acids is 1. The van der Waals surface area contributed by atoms with Crippen molar-refractivity contribution in [1.29, 1.82) is 0 Å². The van der Waals surface area contributed by atoms with Crippen LogP contribution in [0.2, 0.25) is 0 Å². The van der Waals surface area contributed by atoms with Crippen molar-refractivity contribution in [3.05, 3.63) is 41.2 Å². The Hall–Kier alpha value is -1.44. The number of ketones is 1. The van der Waals surface area contributed by atoms with Crippen LogP contribution in [0.5, 0.6) is 0 Å². The lowest BCUT2D eigenvalue weighted by molar-refractivity contribution is -0.113. The number of hydrogen-bond acceptors (Lipinski definition) is 1. The molecule has 0 saturated heterocycles. The Labute approximate surface area is 89.6 Å². The van der Waals surface area contributed by atoms with E-state index in [9.17, 15) is 9.18 Å². The lowest BCUT2D eigenvalue weighted by Gasteiger charge is -2.07. The van der Waals surface area contributed by atoms with Crippen LogP contribution in [0, 0.1) is 11.7 Å². The number of allylic oxidation sites excluding steroid dienone is 1. The molecule has 0 atom stereocenters. The van der Waals surface area contributed by atoms with Crippen molar-refractivity contribution >= 4 is 11.9 Å². The highest BCUT2D eigenvalue weighted by Gasteiger charge is 2.09. The molecule has 0 saturated carbocycles. The van der Waals surface area contributed by atoms with E-state index >= 15 is 0 Å². The first-order valence-electron chi connectivity index (χ1n) is 4.99. The highest BCUT2D eigenvalue weighted by Crippen LogP contribution is 2.17. The lowest BCUT2D eigenvalue weighted by Crippen LogP contribution is -2.04. The summed E-state index contributed by atoms with van der Waals surface area (Å²) in [4.78, 5) is 11.3. The predicted molar refractivity (Wildman–Crippen MR) is 59.9 cm³/mol. The molecule has 0 bridgehead atoms. The molecule has 0 fully saturated rings. The summed E-state index contributed by atoms with van der Waals surface area (Å²) in [7, 11) is 0. The van der Waals surface area contributed by atoms with Crippen molar-refractivity contribution in [3.8, 4) is 0 Å². The molecule has 0 unspecified atom stereocenters. The predicted octanol–water partition coefficient (Wildman–Crippen LogP) is 3.45. The Morgan fingerprint density at radius 1 is 1.33 bits per heavy atom. The molecule has 0 radical (unpaired) electrons. The molecule has 1 aromatic carbocycles. The Morgan fingerprint density at radius 2 is 1.93 bits per heavy atom. The van der Waals surface area contributed by atoms with Gasteiger partial charge < -0.3 is 0 Å². The maximum Gasteiger partial charge on any atom is 0.156 e. The van der Waals surface area contributed by atoms with E-state index in [-0.39, 0.29) is 17.5 Å². The summed E-state index contributed by atoms with van der Waals surface area (Å²) in [5.74, 6) is -0.188. The second-order valence-electron chi connectivity index (χ2n) is 3.83. The molecule has 1 rings (SSSR count). The number of halogens is 1. The van der Waals surface area contributed by atoms with Crippen LogP contribution in [0.25, 0.3) is 6.08 Å². The lowest BCUT2D eigenvalue weighted by atomic mass is 9.97. The van der Waals surface area contributed by atoms with Gasteiger partial charge in [-0.2, -0.15) is 0 Å². The van der Waals surface area contributed by atoms with Gasteiger partial charge in [0.15, 0.2) is 5.78 Å². The summed E-state index contributed by atoms with van der Waals surface area (Å²) >= 11 is 0. The third-order valence-corrected chi connectivity index (χ3v) is 2.24. The fraction of sp³-hybridized carbons (Fsp3) is 0.308. The van der Waals surface area contributed by atoms with E-state index in [1.54, 1.807) is 24.3 Å². The van der Waals surface area contributed by atoms with E-state index in [2.05, 4.69) is 0 Å². The third kappa shape index (κ3) is 3.01. The zero-order valence-electron chi connectivity index (χ0n) is 9.25. The van der Waals surface area contributed by atoms with Crippen LogP contribution in [0.4, 0.5) is 4.39 Å². The molecule has 0 heterocycles. The zero-order chi connectivity index (χ0) is 11.4. The van der Waals surface area contributed by atoms with E-state index < -0.39 is 0 Å². The molecule has 0 aromatic heterocycles. The number of benzene rings is 1. The molecule has 0 aliphatic carbocycles. The first kappa shape index (κ1) is 11.6. The summed E-state index contributed by atoms with van der Waals surface area (Å²) < 4.78 is 13.3. The normalized spacial score (nSPS) is 11.9. The van der Waals surface area contributed by atoms with Gasteiger partial charge in [-0.25, -0.2) is 4.39 Å². The molecule has 0 N–H and O–H groups in total. The Bertz CT molecular complexity index is 391. The molecule has 1 nitrogen and oxygen atoms in total. The number of Topliss-reactive ketones (excluding diaryl/α,β-unsaturated/α-hetero) is 1. The quantitative estimate of drug-likeness (QED) is 0.692. The smallest absolute Gasteiger partial charge is 0.156 e. The first-order valence-corrected chi connectivity index (χ1v) is 4.99. The Morgan fingerprint density at radius 3 is 2.40 bits per heavy atom. The molecule has 2 heteroatoms. The van der Waals surface area contributed by atoms with E-state index in [0.29, 0.717) is 11.1 Å². The number of carbonyl (C=O) groups is 1. The van der Waals surface area contributed by atoms with Gasteiger partial charge in [-0.3, -0.25) is 4.79 Å². The molecular weight excluding hydrogens is 191 g/mol. The van der Waals surface area contributed by atoms with Crippen molar-refractivity contribution in [1.82, 2.24) is 0 Å². The van der Waals surface area contributed by atoms with Crippen molar-refractivity contribution in [3.63, 3.8) is 0 Å². The van der Waals surface area contributed by atoms with Gasteiger partial charge in [0, 0.05) is 5.56 Å². The topological polar surface area (TPSA) is 17.1 Å². The van der Waals surface area contributed by atoms with Crippen LogP contribution in [-0.2, 0) is 4.79 Å². The molecular formula is C13H15FO. The molecule has 80 valence electrons. The van der Waals surface area contributed by atoms with Crippen molar-refractivity contribution < 1.29 is 9.18 Å². The van der Waals surface area contributed by atoms with Crippen LogP contribution < -0.4 is 0 Å². The van der Waals surface area contributed by atoms with Crippen LogP contribution in [-0.4, -0.2) is 5.78 Å². The van der Waals surface area contributed by atoms with Gasteiger partial charge in [-0.05, 0) is 30.6 Å². The summed E-state index contributed by atoms with van der Waals surface area (Å²) in [6.45, 7) is 5.36. The Kier molecular flexibility index (Phi) is 3.78. The number of rotatable bonds is 3. The van der Waals surface area contributed by atoms with Crippen molar-refractivity contribution in [2.45, 2.75) is 20.8 Å². The van der Waals surface area contributed by atoms with Crippen LogP contribution in [0.3, 0.4) is 0 Å². The van der Waals surface area contributed by atoms with Gasteiger partial charge in [-0.1, -0.05) is 32.0 Å². The summed E-state index contributed by atoms with van der Waals surface area (Å²) in [5.41, 5.74) is 1.12. The van der Waals surface area contributed by atoms with Crippen molar-refractivity contribution in [2.24, 2.45) is 5.92 Å². The highest BCUT2D eigenvalue weighted by molar-refractivity contribution is 5.98. The second-order valence-corrected chi connectivity index (χ2v) is 3.83. The molecule has 0 aliphatic heterocycles. The Balaban J connectivity index is 3.14. The van der Waals surface area contributed by atoms with Crippen LogP contribution >= 0.6 is 0 Å². The summed E-state index contributed by atoms with van der Waals surface area (Å²) in [6, 6.07) is 6.45. The largest absolute Gasteiger partial charge is 0.295 e. The fourth-order valence-corrected chi connectivity index (χ4v) is 1.43. The minimum absolute atomic E-state index is 0.00625. The fourth-order valence-electron chi connectivity index (χ4n) is 1.43. The second kappa shape index (κ2) is 4.87. The van der Waals surface area contributed by atoms with E-state index in [0.717, 1.165) is 0 Å².